The summed E-state index contributed by atoms with van der Waals surface area (Å²) in [6, 6.07) is 12.2. The van der Waals surface area contributed by atoms with Crippen molar-refractivity contribution in [1.82, 2.24) is 9.55 Å². The highest BCUT2D eigenvalue weighted by Gasteiger charge is 2.17. The SMILES string of the molecule is Cc1ccc(-n2c(C(C)Cl)nc3cc(I)ccc32)cc1Cl. The van der Waals surface area contributed by atoms with E-state index in [4.69, 9.17) is 23.2 Å². The Balaban J connectivity index is 2.33. The quantitative estimate of drug-likeness (QED) is 0.366. The molecular formula is C16H13Cl2IN2. The van der Waals surface area contributed by atoms with Crippen LogP contribution in [0.3, 0.4) is 0 Å². The van der Waals surface area contributed by atoms with Gasteiger partial charge in [0.15, 0.2) is 0 Å². The summed E-state index contributed by atoms with van der Waals surface area (Å²) in [6.07, 6.45) is 0. The Labute approximate surface area is 147 Å². The van der Waals surface area contributed by atoms with E-state index in [1.165, 1.54) is 0 Å². The molecule has 0 N–H and O–H groups in total. The van der Waals surface area contributed by atoms with Crippen molar-refractivity contribution >= 4 is 56.8 Å². The van der Waals surface area contributed by atoms with Crippen LogP contribution in [0.5, 0.6) is 0 Å². The van der Waals surface area contributed by atoms with Gasteiger partial charge in [-0.25, -0.2) is 4.98 Å². The van der Waals surface area contributed by atoms with Crippen LogP contribution in [-0.4, -0.2) is 9.55 Å². The number of hydrogen-bond donors (Lipinski definition) is 0. The summed E-state index contributed by atoms with van der Waals surface area (Å²) in [5.41, 5.74) is 4.02. The van der Waals surface area contributed by atoms with Gasteiger partial charge in [0.2, 0.25) is 0 Å². The van der Waals surface area contributed by atoms with Crippen LogP contribution in [0.15, 0.2) is 36.4 Å². The number of imidazole rings is 1. The molecule has 3 rings (SSSR count). The highest BCUT2D eigenvalue weighted by molar-refractivity contribution is 14.1. The van der Waals surface area contributed by atoms with Crippen LogP contribution >= 0.6 is 45.8 Å². The molecule has 21 heavy (non-hydrogen) atoms. The molecule has 0 radical (unpaired) electrons. The monoisotopic (exact) mass is 430 g/mol. The van der Waals surface area contributed by atoms with Gasteiger partial charge in [-0.2, -0.15) is 0 Å². The molecule has 0 aliphatic carbocycles. The number of alkyl halides is 1. The minimum atomic E-state index is -0.185. The highest BCUT2D eigenvalue weighted by atomic mass is 127. The molecule has 0 saturated heterocycles. The molecule has 1 heterocycles. The fraction of sp³-hybridized carbons (Fsp3) is 0.188. The molecule has 1 unspecified atom stereocenters. The molecule has 0 amide bonds. The normalized spacial score (nSPS) is 12.8. The number of aromatic nitrogens is 2. The molecule has 0 fully saturated rings. The molecule has 3 aromatic rings. The van der Waals surface area contributed by atoms with Crippen molar-refractivity contribution in [2.24, 2.45) is 0 Å². The zero-order valence-electron chi connectivity index (χ0n) is 11.6. The average Bonchev–Trinajstić information content (AvgIpc) is 2.80. The fourth-order valence-electron chi connectivity index (χ4n) is 2.33. The summed E-state index contributed by atoms with van der Waals surface area (Å²) < 4.78 is 3.23. The largest absolute Gasteiger partial charge is 0.295 e. The maximum atomic E-state index is 6.32. The van der Waals surface area contributed by atoms with E-state index in [1.54, 1.807) is 0 Å². The van der Waals surface area contributed by atoms with Crippen LogP contribution in [0.4, 0.5) is 0 Å². The molecular weight excluding hydrogens is 418 g/mol. The predicted octanol–water partition coefficient (Wildman–Crippen LogP) is 5.89. The Morgan fingerprint density at radius 2 is 1.95 bits per heavy atom. The van der Waals surface area contributed by atoms with Gasteiger partial charge in [-0.15, -0.1) is 11.6 Å². The Morgan fingerprint density at radius 1 is 1.19 bits per heavy atom. The van der Waals surface area contributed by atoms with Crippen molar-refractivity contribution in [1.29, 1.82) is 0 Å². The van der Waals surface area contributed by atoms with Crippen LogP contribution in [0.25, 0.3) is 16.7 Å². The summed E-state index contributed by atoms with van der Waals surface area (Å²) >= 11 is 14.9. The van der Waals surface area contributed by atoms with Crippen molar-refractivity contribution in [3.8, 4) is 5.69 Å². The number of nitrogens with zero attached hydrogens (tertiary/aromatic N) is 2. The molecule has 0 bridgehead atoms. The van der Waals surface area contributed by atoms with Crippen molar-refractivity contribution < 1.29 is 0 Å². The van der Waals surface area contributed by atoms with Crippen LogP contribution in [-0.2, 0) is 0 Å². The van der Waals surface area contributed by atoms with E-state index in [1.807, 2.05) is 32.0 Å². The number of rotatable bonds is 2. The first-order chi connectivity index (χ1) is 9.97. The van der Waals surface area contributed by atoms with Crippen molar-refractivity contribution in [2.75, 3.05) is 0 Å². The molecule has 2 aromatic carbocycles. The standard InChI is InChI=1S/C16H13Cl2IN2/c1-9-3-5-12(8-13(9)18)21-15-6-4-11(19)7-14(15)20-16(21)10(2)17/h3-8,10H,1-2H3. The van der Waals surface area contributed by atoms with Gasteiger partial charge < -0.3 is 0 Å². The lowest BCUT2D eigenvalue weighted by Gasteiger charge is -2.12. The fourth-order valence-corrected chi connectivity index (χ4v) is 3.13. The topological polar surface area (TPSA) is 17.8 Å². The second-order valence-electron chi connectivity index (χ2n) is 4.99. The second-order valence-corrected chi connectivity index (χ2v) is 7.30. The Hall–Kier alpha value is -0.780. The van der Waals surface area contributed by atoms with Crippen molar-refractivity contribution in [3.05, 3.63) is 56.4 Å². The number of aryl methyl sites for hydroxylation is 1. The van der Waals surface area contributed by atoms with Gasteiger partial charge in [0.05, 0.1) is 16.4 Å². The Bertz CT molecular complexity index is 825. The summed E-state index contributed by atoms with van der Waals surface area (Å²) in [5.74, 6) is 0.827. The van der Waals surface area contributed by atoms with Gasteiger partial charge >= 0.3 is 0 Å². The third-order valence-corrected chi connectivity index (χ3v) is 4.69. The smallest absolute Gasteiger partial charge is 0.132 e. The third-order valence-electron chi connectivity index (χ3n) is 3.41. The molecule has 1 atom stereocenters. The molecule has 2 nitrogen and oxygen atoms in total. The molecule has 1 aromatic heterocycles. The summed E-state index contributed by atoms with van der Waals surface area (Å²) in [4.78, 5) is 4.68. The van der Waals surface area contributed by atoms with Gasteiger partial charge in [-0.05, 0) is 72.3 Å². The lowest BCUT2D eigenvalue weighted by Crippen LogP contribution is -2.02. The molecule has 108 valence electrons. The summed E-state index contributed by atoms with van der Waals surface area (Å²) in [5, 5.41) is 0.558. The van der Waals surface area contributed by atoms with Crippen LogP contribution in [0.1, 0.15) is 23.7 Å². The summed E-state index contributed by atoms with van der Waals surface area (Å²) in [6.45, 7) is 3.92. The van der Waals surface area contributed by atoms with E-state index < -0.39 is 0 Å². The Kier molecular flexibility index (Phi) is 4.17. The van der Waals surface area contributed by atoms with E-state index in [0.717, 1.165) is 36.7 Å². The molecule has 0 saturated carbocycles. The number of benzene rings is 2. The van der Waals surface area contributed by atoms with Crippen LogP contribution in [0.2, 0.25) is 5.02 Å². The van der Waals surface area contributed by atoms with Gasteiger partial charge in [-0.3, -0.25) is 4.57 Å². The molecule has 0 aliphatic rings. The van der Waals surface area contributed by atoms with E-state index in [0.29, 0.717) is 0 Å². The third kappa shape index (κ3) is 2.79. The number of hydrogen-bond acceptors (Lipinski definition) is 1. The maximum absolute atomic E-state index is 6.32. The molecule has 0 spiro atoms. The molecule has 5 heteroatoms. The highest BCUT2D eigenvalue weighted by Crippen LogP contribution is 2.30. The lowest BCUT2D eigenvalue weighted by atomic mass is 10.2. The van der Waals surface area contributed by atoms with Gasteiger partial charge in [0.1, 0.15) is 5.82 Å². The zero-order chi connectivity index (χ0) is 15.1. The van der Waals surface area contributed by atoms with E-state index in [9.17, 15) is 0 Å². The number of fused-ring (bicyclic) bond motifs is 1. The van der Waals surface area contributed by atoms with E-state index in [2.05, 4.69) is 50.3 Å². The van der Waals surface area contributed by atoms with Crippen LogP contribution in [0, 0.1) is 10.5 Å². The lowest BCUT2D eigenvalue weighted by molar-refractivity contribution is 0.882. The Morgan fingerprint density at radius 3 is 2.62 bits per heavy atom. The van der Waals surface area contributed by atoms with Gasteiger partial charge in [-0.1, -0.05) is 17.7 Å². The van der Waals surface area contributed by atoms with Gasteiger partial charge in [0.25, 0.3) is 0 Å². The first kappa shape index (κ1) is 15.1. The minimum absolute atomic E-state index is 0.185. The van der Waals surface area contributed by atoms with Gasteiger partial charge in [0, 0.05) is 14.3 Å². The minimum Gasteiger partial charge on any atom is -0.295 e. The maximum Gasteiger partial charge on any atom is 0.132 e. The summed E-state index contributed by atoms with van der Waals surface area (Å²) in [7, 11) is 0. The zero-order valence-corrected chi connectivity index (χ0v) is 15.2. The van der Waals surface area contributed by atoms with Crippen LogP contribution < -0.4 is 0 Å². The number of halogens is 3. The predicted molar refractivity (Wildman–Crippen MR) is 97.8 cm³/mol. The van der Waals surface area contributed by atoms with Crippen molar-refractivity contribution in [3.63, 3.8) is 0 Å². The first-order valence-corrected chi connectivity index (χ1v) is 8.45. The second kappa shape index (κ2) is 5.78. The van der Waals surface area contributed by atoms with E-state index in [-0.39, 0.29) is 5.38 Å². The van der Waals surface area contributed by atoms with E-state index >= 15 is 0 Å². The average molecular weight is 431 g/mol. The van der Waals surface area contributed by atoms with Crippen molar-refractivity contribution in [2.45, 2.75) is 19.2 Å². The molecule has 0 aliphatic heterocycles. The first-order valence-electron chi connectivity index (χ1n) is 6.56.